The maximum Gasteiger partial charge on any atom is 0.328 e. The van der Waals surface area contributed by atoms with Gasteiger partial charge in [-0.15, -0.1) is 23.2 Å². The Morgan fingerprint density at radius 2 is 1.83 bits per heavy atom. The predicted molar refractivity (Wildman–Crippen MR) is 122 cm³/mol. The number of ether oxygens (including phenoxy) is 1. The maximum absolute atomic E-state index is 13.5. The van der Waals surface area contributed by atoms with Gasteiger partial charge in [0.1, 0.15) is 11.5 Å². The average Bonchev–Trinajstić information content (AvgIpc) is 3.14. The summed E-state index contributed by atoms with van der Waals surface area (Å²) in [6.45, 7) is 0. The quantitative estimate of drug-likeness (QED) is 0.340. The highest BCUT2D eigenvalue weighted by Gasteiger charge is 2.76. The Morgan fingerprint density at radius 3 is 2.46 bits per heavy atom. The van der Waals surface area contributed by atoms with Crippen molar-refractivity contribution >= 4 is 52.9 Å². The van der Waals surface area contributed by atoms with Crippen LogP contribution in [0.3, 0.4) is 0 Å². The lowest BCUT2D eigenvalue weighted by Crippen LogP contribution is -2.60. The number of nitrogens with zero attached hydrogens (tertiary/aromatic N) is 2. The molecule has 2 saturated heterocycles. The van der Waals surface area contributed by atoms with Crippen molar-refractivity contribution in [3.05, 3.63) is 35.4 Å². The molecule has 6 unspecified atom stereocenters. The monoisotopic (exact) mass is 521 g/mol. The topological polar surface area (TPSA) is 147 Å². The van der Waals surface area contributed by atoms with Gasteiger partial charge in [0.05, 0.1) is 18.9 Å². The second kappa shape index (κ2) is 7.44. The number of phenolic OH excluding ortho intramolecular Hbond substituents is 1. The van der Waals surface area contributed by atoms with Crippen molar-refractivity contribution < 1.29 is 33.8 Å². The number of allylic oxidation sites excluding steroid dienone is 2. The number of fused-ring (bicyclic) bond motifs is 4. The molecular formula is C23H21Cl2N3O7. The van der Waals surface area contributed by atoms with E-state index in [0.717, 1.165) is 4.90 Å². The van der Waals surface area contributed by atoms with Crippen LogP contribution in [0.5, 0.6) is 11.5 Å². The van der Waals surface area contributed by atoms with Crippen molar-refractivity contribution in [2.75, 3.05) is 14.2 Å². The summed E-state index contributed by atoms with van der Waals surface area (Å²) >= 11 is 14.0. The molecule has 2 heterocycles. The molecule has 2 aliphatic carbocycles. The first-order valence-corrected chi connectivity index (χ1v) is 11.6. The van der Waals surface area contributed by atoms with Crippen LogP contribution in [0, 0.1) is 17.8 Å². The van der Waals surface area contributed by atoms with Gasteiger partial charge in [-0.2, -0.15) is 4.90 Å². The first kappa shape index (κ1) is 23.6. The lowest BCUT2D eigenvalue weighted by Gasteiger charge is -2.50. The summed E-state index contributed by atoms with van der Waals surface area (Å²) in [5, 5.41) is 9.99. The van der Waals surface area contributed by atoms with E-state index >= 15 is 0 Å². The predicted octanol–water partition coefficient (Wildman–Crippen LogP) is 1.47. The minimum absolute atomic E-state index is 0.0992. The van der Waals surface area contributed by atoms with Crippen molar-refractivity contribution in [1.82, 2.24) is 9.80 Å². The number of urea groups is 1. The van der Waals surface area contributed by atoms with Crippen molar-refractivity contribution in [3.8, 4) is 11.5 Å². The summed E-state index contributed by atoms with van der Waals surface area (Å²) in [4.78, 5) is 62.1. The molecule has 0 radical (unpaired) electrons. The van der Waals surface area contributed by atoms with E-state index in [1.165, 1.54) is 32.4 Å². The Labute approximate surface area is 209 Å². The van der Waals surface area contributed by atoms with Crippen LogP contribution in [0.15, 0.2) is 29.8 Å². The first-order valence-electron chi connectivity index (χ1n) is 10.8. The summed E-state index contributed by atoms with van der Waals surface area (Å²) in [5.41, 5.74) is 6.21. The van der Waals surface area contributed by atoms with Crippen molar-refractivity contribution in [1.29, 1.82) is 0 Å². The first-order chi connectivity index (χ1) is 16.4. The molecule has 1 aromatic rings. The second-order valence-electron chi connectivity index (χ2n) is 9.27. The highest BCUT2D eigenvalue weighted by atomic mass is 35.5. The van der Waals surface area contributed by atoms with Crippen molar-refractivity contribution in [3.63, 3.8) is 0 Å². The number of halogens is 2. The zero-order valence-corrected chi connectivity index (χ0v) is 20.2. The lowest BCUT2D eigenvalue weighted by atomic mass is 9.56. The molecule has 2 aliphatic heterocycles. The van der Waals surface area contributed by atoms with Crippen LogP contribution in [0.25, 0.3) is 0 Å². The third-order valence-corrected chi connectivity index (χ3v) is 9.18. The molecule has 1 aromatic carbocycles. The van der Waals surface area contributed by atoms with Crippen LogP contribution >= 0.6 is 23.2 Å². The fourth-order valence-corrected chi connectivity index (χ4v) is 7.26. The van der Waals surface area contributed by atoms with Crippen LogP contribution in [0.1, 0.15) is 24.3 Å². The Bertz CT molecular complexity index is 1270. The molecule has 12 heteroatoms. The Kier molecular flexibility index (Phi) is 5.02. The number of alkyl halides is 2. The van der Waals surface area contributed by atoms with Crippen LogP contribution in [0.2, 0.25) is 0 Å². The van der Waals surface area contributed by atoms with Gasteiger partial charge in [0.15, 0.2) is 9.75 Å². The highest BCUT2D eigenvalue weighted by molar-refractivity contribution is 6.53. The summed E-state index contributed by atoms with van der Waals surface area (Å²) in [5.74, 6) is -6.53. The molecule has 0 aromatic heterocycles. The number of hydrogen-bond acceptors (Lipinski definition) is 7. The molecule has 5 rings (SSSR count). The highest BCUT2D eigenvalue weighted by Crippen LogP contribution is 2.66. The zero-order valence-electron chi connectivity index (χ0n) is 18.7. The molecule has 4 aliphatic rings. The van der Waals surface area contributed by atoms with Gasteiger partial charge >= 0.3 is 6.03 Å². The number of rotatable bonds is 2. The third-order valence-electron chi connectivity index (χ3n) is 7.76. The fourth-order valence-electron chi connectivity index (χ4n) is 6.25. The van der Waals surface area contributed by atoms with E-state index in [1.54, 1.807) is 6.08 Å². The van der Waals surface area contributed by atoms with Gasteiger partial charge in [0.25, 0.3) is 11.8 Å². The number of aromatic hydroxyl groups is 1. The number of primary amides is 1. The van der Waals surface area contributed by atoms with Gasteiger partial charge in [-0.3, -0.25) is 24.1 Å². The molecule has 6 amide bonds. The molecule has 184 valence electrons. The molecule has 0 spiro atoms. The number of imide groups is 4. The summed E-state index contributed by atoms with van der Waals surface area (Å²) in [7, 11) is 2.65. The van der Waals surface area contributed by atoms with E-state index in [4.69, 9.17) is 33.7 Å². The average molecular weight is 522 g/mol. The minimum Gasteiger partial charge on any atom is -0.508 e. The van der Waals surface area contributed by atoms with Crippen LogP contribution in [-0.2, 0) is 19.2 Å². The fraction of sp³-hybridized carbons (Fsp3) is 0.435. The molecule has 1 saturated carbocycles. The number of carbonyl (C=O) groups is 5. The molecule has 35 heavy (non-hydrogen) atoms. The lowest BCUT2D eigenvalue weighted by molar-refractivity contribution is -0.139. The van der Waals surface area contributed by atoms with Crippen LogP contribution < -0.4 is 10.5 Å². The SMILES string of the molecule is COc1cc(O)ccc1C1C2=CCC3C(=O)N(C(N)=O)C(=O)C3C2CC2(Cl)C(=O)N(C)C(=O)C12Cl. The zero-order chi connectivity index (χ0) is 25.6. The molecule has 3 fully saturated rings. The van der Waals surface area contributed by atoms with Gasteiger partial charge in [0.2, 0.25) is 11.8 Å². The van der Waals surface area contributed by atoms with Gasteiger partial charge in [-0.1, -0.05) is 17.7 Å². The van der Waals surface area contributed by atoms with E-state index in [9.17, 15) is 29.1 Å². The Morgan fingerprint density at radius 1 is 1.14 bits per heavy atom. The molecule has 10 nitrogen and oxygen atoms in total. The van der Waals surface area contributed by atoms with Gasteiger partial charge in [0, 0.05) is 24.6 Å². The summed E-state index contributed by atoms with van der Waals surface area (Å²) in [6.07, 6.45) is 1.61. The number of methoxy groups -OCH3 is 1. The summed E-state index contributed by atoms with van der Waals surface area (Å²) < 4.78 is 5.46. The largest absolute Gasteiger partial charge is 0.508 e. The Hall–Kier alpha value is -3.11. The smallest absolute Gasteiger partial charge is 0.328 e. The number of benzene rings is 1. The molecule has 0 bridgehead atoms. The molecular weight excluding hydrogens is 501 g/mol. The van der Waals surface area contributed by atoms with Crippen LogP contribution in [0.4, 0.5) is 4.79 Å². The van der Waals surface area contributed by atoms with Gasteiger partial charge in [-0.05, 0) is 24.8 Å². The van der Waals surface area contributed by atoms with Crippen LogP contribution in [-0.4, -0.2) is 68.5 Å². The molecule has 3 N–H and O–H groups in total. The number of nitrogens with two attached hydrogens (primary N) is 1. The van der Waals surface area contributed by atoms with E-state index in [1.807, 2.05) is 0 Å². The van der Waals surface area contributed by atoms with E-state index in [2.05, 4.69) is 0 Å². The minimum atomic E-state index is -1.98. The number of phenols is 1. The number of hydrogen-bond donors (Lipinski definition) is 2. The van der Waals surface area contributed by atoms with E-state index < -0.39 is 63.1 Å². The maximum atomic E-state index is 13.5. The van der Waals surface area contributed by atoms with Crippen molar-refractivity contribution in [2.45, 2.75) is 28.5 Å². The number of likely N-dealkylation sites (tertiary alicyclic amines) is 2. The van der Waals surface area contributed by atoms with Gasteiger partial charge < -0.3 is 15.6 Å². The number of carbonyl (C=O) groups excluding carboxylic acids is 5. The van der Waals surface area contributed by atoms with Crippen molar-refractivity contribution in [2.24, 2.45) is 23.5 Å². The molecule has 6 atom stereocenters. The third kappa shape index (κ3) is 2.75. The Balaban J connectivity index is 1.76. The van der Waals surface area contributed by atoms with Gasteiger partial charge in [-0.25, -0.2) is 4.79 Å². The second-order valence-corrected chi connectivity index (χ2v) is 10.5. The van der Waals surface area contributed by atoms with E-state index in [-0.39, 0.29) is 24.3 Å². The number of amides is 6. The standard InChI is InChI=1S/C23H21Cl2N3O7/c1-27-19(32)22(24)8-13-10(5-6-12-15(13)18(31)28(17(12)30)21(26)34)16(23(22,25)20(27)33)11-4-3-9(29)7-14(11)35-2/h3-5,7,12-13,15-16,29H,6,8H2,1-2H3,(H2,26,34). The van der Waals surface area contributed by atoms with E-state index in [0.29, 0.717) is 16.0 Å². The summed E-state index contributed by atoms with van der Waals surface area (Å²) in [6, 6.07) is 3.06. The normalized spacial score (nSPS) is 36.1.